The van der Waals surface area contributed by atoms with Crippen molar-refractivity contribution >= 4 is 23.8 Å². The van der Waals surface area contributed by atoms with Gasteiger partial charge in [-0.15, -0.1) is 11.8 Å². The zero-order chi connectivity index (χ0) is 12.0. The van der Waals surface area contributed by atoms with Gasteiger partial charge in [0.25, 0.3) is 0 Å². The first-order valence-corrected chi connectivity index (χ1v) is 6.67. The zero-order valence-corrected chi connectivity index (χ0v) is 11.2. The van der Waals surface area contributed by atoms with Crippen molar-refractivity contribution in [2.24, 2.45) is 4.99 Å². The molecule has 0 saturated heterocycles. The molecule has 2 nitrogen and oxygen atoms in total. The van der Waals surface area contributed by atoms with Gasteiger partial charge >= 0.3 is 0 Å². The van der Waals surface area contributed by atoms with E-state index in [1.807, 2.05) is 24.5 Å². The van der Waals surface area contributed by atoms with Crippen LogP contribution < -0.4 is 0 Å². The number of aliphatic imine (C=N–C) groups is 1. The van der Waals surface area contributed by atoms with Gasteiger partial charge in [-0.2, -0.15) is 0 Å². The molecule has 0 heterocycles. The number of hydrogen-bond donors (Lipinski definition) is 0. The first kappa shape index (κ1) is 13.1. The van der Waals surface area contributed by atoms with Crippen LogP contribution in [0.15, 0.2) is 29.3 Å². The maximum Gasteiger partial charge on any atom is 0.175 e. The van der Waals surface area contributed by atoms with Crippen molar-refractivity contribution in [1.29, 1.82) is 0 Å². The van der Waals surface area contributed by atoms with Gasteiger partial charge < -0.3 is 4.74 Å². The van der Waals surface area contributed by atoms with Crippen molar-refractivity contribution in [3.05, 3.63) is 29.8 Å². The fourth-order valence-corrected chi connectivity index (χ4v) is 1.61. The van der Waals surface area contributed by atoms with Crippen molar-refractivity contribution in [1.82, 2.24) is 0 Å². The average molecular weight is 237 g/mol. The molecule has 0 unspecified atom stereocenters. The summed E-state index contributed by atoms with van der Waals surface area (Å²) in [6, 6.07) is 8.17. The molecule has 3 heteroatoms. The normalized spacial score (nSPS) is 12.0. The van der Waals surface area contributed by atoms with Crippen LogP contribution in [0.1, 0.15) is 26.3 Å². The summed E-state index contributed by atoms with van der Waals surface area (Å²) in [7, 11) is 0. The third-order valence-corrected chi connectivity index (χ3v) is 2.54. The van der Waals surface area contributed by atoms with Gasteiger partial charge in [-0.25, -0.2) is 4.99 Å². The van der Waals surface area contributed by atoms with Crippen molar-refractivity contribution < 1.29 is 4.74 Å². The second kappa shape index (κ2) is 5.94. The maximum atomic E-state index is 5.23. The van der Waals surface area contributed by atoms with Crippen LogP contribution in [0, 0.1) is 0 Å². The summed E-state index contributed by atoms with van der Waals surface area (Å²) in [6.07, 6.45) is 3.53. The Kier molecular flexibility index (Phi) is 4.87. The van der Waals surface area contributed by atoms with Crippen LogP contribution in [-0.2, 0) is 10.2 Å². The van der Waals surface area contributed by atoms with Crippen LogP contribution >= 0.6 is 11.8 Å². The van der Waals surface area contributed by atoms with Crippen LogP contribution in [0.4, 0.5) is 5.69 Å². The predicted molar refractivity (Wildman–Crippen MR) is 72.8 cm³/mol. The van der Waals surface area contributed by atoms with E-state index in [-0.39, 0.29) is 5.41 Å². The van der Waals surface area contributed by atoms with Crippen molar-refractivity contribution in [2.45, 2.75) is 26.2 Å². The quantitative estimate of drug-likeness (QED) is 0.342. The van der Waals surface area contributed by atoms with Gasteiger partial charge in [0, 0.05) is 0 Å². The van der Waals surface area contributed by atoms with E-state index in [0.717, 1.165) is 5.69 Å². The topological polar surface area (TPSA) is 21.6 Å². The molecule has 88 valence electrons. The lowest BCUT2D eigenvalue weighted by Gasteiger charge is -2.20. The monoisotopic (exact) mass is 237 g/mol. The summed E-state index contributed by atoms with van der Waals surface area (Å²) in [6.45, 7) is 6.55. The fourth-order valence-electron chi connectivity index (χ4n) is 1.41. The fraction of sp³-hybridized carbons (Fsp3) is 0.462. The molecule has 0 bridgehead atoms. The molecular weight excluding hydrogens is 218 g/mol. The predicted octanol–water partition coefficient (Wildman–Crippen LogP) is 3.98. The van der Waals surface area contributed by atoms with E-state index < -0.39 is 0 Å². The summed E-state index contributed by atoms with van der Waals surface area (Å²) in [5, 5.41) is 0. The van der Waals surface area contributed by atoms with Gasteiger partial charge in [0.1, 0.15) is 5.94 Å². The lowest BCUT2D eigenvalue weighted by atomic mass is 9.86. The van der Waals surface area contributed by atoms with E-state index in [0.29, 0.717) is 5.94 Å². The number of ether oxygens (including phenoxy) is 1. The smallest absolute Gasteiger partial charge is 0.175 e. The maximum absolute atomic E-state index is 5.23. The molecule has 1 rings (SSSR count). The second-order valence-electron chi connectivity index (χ2n) is 4.57. The minimum absolute atomic E-state index is 0.105. The number of rotatable bonds is 4. The lowest BCUT2D eigenvalue weighted by molar-refractivity contribution is 0.400. The average Bonchev–Trinajstić information content (AvgIpc) is 2.24. The molecule has 0 aliphatic heterocycles. The van der Waals surface area contributed by atoms with Crippen LogP contribution in [0.5, 0.6) is 0 Å². The molecule has 0 aliphatic rings. The highest BCUT2D eigenvalue weighted by molar-refractivity contribution is 7.98. The Labute approximate surface area is 102 Å². The minimum atomic E-state index is 0.105. The highest BCUT2D eigenvalue weighted by atomic mass is 32.2. The highest BCUT2D eigenvalue weighted by Gasteiger charge is 2.16. The summed E-state index contributed by atoms with van der Waals surface area (Å²) in [5.41, 5.74) is 2.32. The molecule has 0 aromatic heterocycles. The van der Waals surface area contributed by atoms with Crippen LogP contribution in [0.2, 0.25) is 0 Å². The molecule has 0 aliphatic carbocycles. The van der Waals surface area contributed by atoms with E-state index >= 15 is 0 Å². The molecule has 0 fully saturated rings. The highest BCUT2D eigenvalue weighted by Crippen LogP contribution is 2.30. The van der Waals surface area contributed by atoms with Crippen LogP contribution in [0.3, 0.4) is 0 Å². The lowest BCUT2D eigenvalue weighted by Crippen LogP contribution is -2.11. The number of benzene rings is 1. The Balaban J connectivity index is 2.83. The Morgan fingerprint density at radius 3 is 2.62 bits per heavy atom. The van der Waals surface area contributed by atoms with E-state index in [9.17, 15) is 0 Å². The number of hydrogen-bond acceptors (Lipinski definition) is 3. The molecule has 0 spiro atoms. The molecule has 0 radical (unpaired) electrons. The van der Waals surface area contributed by atoms with Gasteiger partial charge in [0.15, 0.2) is 6.40 Å². The Bertz CT molecular complexity index is 355. The minimum Gasteiger partial charge on any atom is -0.473 e. The van der Waals surface area contributed by atoms with E-state index in [1.54, 1.807) is 11.8 Å². The molecule has 0 N–H and O–H groups in total. The molecule has 1 aromatic rings. The Morgan fingerprint density at radius 1 is 1.31 bits per heavy atom. The zero-order valence-electron chi connectivity index (χ0n) is 10.4. The van der Waals surface area contributed by atoms with Crippen molar-refractivity contribution in [3.8, 4) is 0 Å². The van der Waals surface area contributed by atoms with E-state index in [2.05, 4.69) is 31.8 Å². The molecule has 0 atom stereocenters. The Hall–Kier alpha value is -0.960. The number of nitrogens with zero attached hydrogens (tertiary/aromatic N) is 1. The van der Waals surface area contributed by atoms with E-state index in [1.165, 1.54) is 12.0 Å². The van der Waals surface area contributed by atoms with Gasteiger partial charge in [-0.1, -0.05) is 39.0 Å². The molecular formula is C13H19NOS. The van der Waals surface area contributed by atoms with E-state index in [4.69, 9.17) is 4.74 Å². The third-order valence-electron chi connectivity index (χ3n) is 2.16. The SMILES string of the molecule is CSCO/C=N\c1ccccc1C(C)(C)C. The van der Waals surface area contributed by atoms with Crippen molar-refractivity contribution in [2.75, 3.05) is 12.2 Å². The molecule has 1 aromatic carbocycles. The van der Waals surface area contributed by atoms with Crippen molar-refractivity contribution in [3.63, 3.8) is 0 Å². The molecule has 0 saturated carbocycles. The molecule has 16 heavy (non-hydrogen) atoms. The summed E-state index contributed by atoms with van der Waals surface area (Å²) in [4.78, 5) is 4.35. The summed E-state index contributed by atoms with van der Waals surface area (Å²) in [5.74, 6) is 0.640. The van der Waals surface area contributed by atoms with Gasteiger partial charge in [-0.05, 0) is 23.3 Å². The van der Waals surface area contributed by atoms with Gasteiger partial charge in [0.2, 0.25) is 0 Å². The van der Waals surface area contributed by atoms with Crippen LogP contribution in [-0.4, -0.2) is 18.6 Å². The first-order valence-electron chi connectivity index (χ1n) is 5.28. The molecule has 0 amide bonds. The van der Waals surface area contributed by atoms with Gasteiger partial charge in [0.05, 0.1) is 5.69 Å². The number of para-hydroxylation sites is 1. The first-order chi connectivity index (χ1) is 7.55. The van der Waals surface area contributed by atoms with Gasteiger partial charge in [-0.3, -0.25) is 0 Å². The summed E-state index contributed by atoms with van der Waals surface area (Å²) >= 11 is 1.63. The summed E-state index contributed by atoms with van der Waals surface area (Å²) < 4.78 is 5.23. The second-order valence-corrected chi connectivity index (χ2v) is 5.39. The Morgan fingerprint density at radius 2 is 2.00 bits per heavy atom. The largest absolute Gasteiger partial charge is 0.473 e. The third kappa shape index (κ3) is 3.89. The van der Waals surface area contributed by atoms with Crippen LogP contribution in [0.25, 0.3) is 0 Å². The standard InChI is InChI=1S/C13H19NOS/c1-13(2,3)11-7-5-6-8-12(11)14-9-15-10-16-4/h5-9H,10H2,1-4H3/b14-9-. The number of thioether (sulfide) groups is 1.